The largest absolute Gasteiger partial charge is 0.456 e. The van der Waals surface area contributed by atoms with Crippen molar-refractivity contribution in [1.29, 1.82) is 0 Å². The van der Waals surface area contributed by atoms with Crippen LogP contribution in [-0.2, 0) is 16.1 Å². The number of carbonyl (C=O) groups is 2. The summed E-state index contributed by atoms with van der Waals surface area (Å²) in [5.74, 6) is -1.87. The zero-order chi connectivity index (χ0) is 20.6. The van der Waals surface area contributed by atoms with Gasteiger partial charge in [-0.1, -0.05) is 30.3 Å². The number of carbonyl (C=O) groups excluding carboxylic acids is 2. The second kappa shape index (κ2) is 9.22. The molecule has 0 spiro atoms. The third-order valence-electron chi connectivity index (χ3n) is 3.60. The zero-order valence-corrected chi connectivity index (χ0v) is 15.1. The summed E-state index contributed by atoms with van der Waals surface area (Å²) in [7, 11) is 0. The van der Waals surface area contributed by atoms with Gasteiger partial charge in [0.1, 0.15) is 12.4 Å². The zero-order valence-electron chi connectivity index (χ0n) is 15.1. The van der Waals surface area contributed by atoms with Gasteiger partial charge >= 0.3 is 5.97 Å². The van der Waals surface area contributed by atoms with Crippen LogP contribution in [0.15, 0.2) is 54.6 Å². The van der Waals surface area contributed by atoms with Crippen molar-refractivity contribution in [2.24, 2.45) is 0 Å². The van der Waals surface area contributed by atoms with Crippen LogP contribution in [0.3, 0.4) is 0 Å². The van der Waals surface area contributed by atoms with Crippen LogP contribution in [0.25, 0.3) is 0 Å². The Hall–Kier alpha value is -4.08. The number of nitrogen functional groups attached to an aromatic ring is 1. The van der Waals surface area contributed by atoms with Crippen LogP contribution in [0.2, 0.25) is 0 Å². The molecule has 9 nitrogen and oxygen atoms in total. The van der Waals surface area contributed by atoms with Crippen LogP contribution < -0.4 is 16.4 Å². The number of nitrogens with one attached hydrogen (secondary N) is 2. The van der Waals surface area contributed by atoms with Crippen molar-refractivity contribution < 1.29 is 18.7 Å². The van der Waals surface area contributed by atoms with Gasteiger partial charge in [0, 0.05) is 5.69 Å². The normalized spacial score (nSPS) is 10.2. The average molecular weight is 396 g/mol. The molecule has 4 N–H and O–H groups in total. The highest BCUT2D eigenvalue weighted by Crippen LogP contribution is 2.13. The molecule has 29 heavy (non-hydrogen) atoms. The number of nitrogens with two attached hydrogens (primary N) is 1. The van der Waals surface area contributed by atoms with Gasteiger partial charge in [-0.15, -0.1) is 0 Å². The molecule has 0 unspecified atom stereocenters. The van der Waals surface area contributed by atoms with E-state index in [-0.39, 0.29) is 29.9 Å². The van der Waals surface area contributed by atoms with Gasteiger partial charge in [-0.2, -0.15) is 15.0 Å². The molecule has 3 aromatic rings. The van der Waals surface area contributed by atoms with Crippen molar-refractivity contribution in [3.8, 4) is 0 Å². The predicted octanol–water partition coefficient (Wildman–Crippen LogP) is 1.81. The Labute approximate surface area is 165 Å². The first-order valence-corrected chi connectivity index (χ1v) is 8.52. The molecule has 0 radical (unpaired) electrons. The highest BCUT2D eigenvalue weighted by Gasteiger charge is 2.13. The number of para-hydroxylation sites is 1. The van der Waals surface area contributed by atoms with E-state index >= 15 is 0 Å². The van der Waals surface area contributed by atoms with E-state index in [1.807, 2.05) is 30.3 Å². The molecule has 0 fully saturated rings. The first kappa shape index (κ1) is 19.7. The lowest BCUT2D eigenvalue weighted by molar-refractivity contribution is -0.143. The highest BCUT2D eigenvalue weighted by atomic mass is 19.1. The number of hydrogen-bond acceptors (Lipinski definition) is 8. The maximum atomic E-state index is 13.5. The minimum Gasteiger partial charge on any atom is -0.456 e. The Balaban J connectivity index is 1.53. The van der Waals surface area contributed by atoms with E-state index in [0.29, 0.717) is 0 Å². The number of benzene rings is 2. The van der Waals surface area contributed by atoms with E-state index in [4.69, 9.17) is 10.5 Å². The van der Waals surface area contributed by atoms with Crippen molar-refractivity contribution in [2.75, 3.05) is 17.6 Å². The maximum Gasteiger partial charge on any atom is 0.325 e. The number of anilines is 3. The monoisotopic (exact) mass is 396 g/mol. The van der Waals surface area contributed by atoms with Gasteiger partial charge in [-0.25, -0.2) is 4.39 Å². The number of nitrogens with zero attached hydrogens (tertiary/aromatic N) is 3. The molecule has 0 saturated heterocycles. The van der Waals surface area contributed by atoms with E-state index in [0.717, 1.165) is 11.8 Å². The fourth-order valence-corrected chi connectivity index (χ4v) is 2.30. The molecule has 1 amide bonds. The summed E-state index contributed by atoms with van der Waals surface area (Å²) >= 11 is 0. The number of rotatable bonds is 7. The maximum absolute atomic E-state index is 13.5. The second-order valence-electron chi connectivity index (χ2n) is 5.75. The van der Waals surface area contributed by atoms with Gasteiger partial charge in [-0.05, 0) is 24.3 Å². The van der Waals surface area contributed by atoms with E-state index in [2.05, 4.69) is 25.6 Å². The summed E-state index contributed by atoms with van der Waals surface area (Å²) in [6.07, 6.45) is 0. The van der Waals surface area contributed by atoms with Gasteiger partial charge in [0.05, 0.1) is 5.56 Å². The van der Waals surface area contributed by atoms with Crippen molar-refractivity contribution in [1.82, 2.24) is 20.3 Å². The molecule has 1 heterocycles. The standard InChI is InChI=1S/C19H17FN6O3/c20-14-9-5-4-8-13(14)17(28)22-10-16(27)29-11-15-24-18(21)26-19(25-15)23-12-6-2-1-3-7-12/h1-9H,10-11H2,(H,22,28)(H3,21,23,24,25,26). The van der Waals surface area contributed by atoms with Crippen LogP contribution in [0.5, 0.6) is 0 Å². The Kier molecular flexibility index (Phi) is 6.25. The molecule has 0 aliphatic carbocycles. The Morgan fingerprint density at radius 3 is 2.48 bits per heavy atom. The number of amides is 1. The molecule has 0 saturated carbocycles. The third kappa shape index (κ3) is 5.70. The number of aromatic nitrogens is 3. The van der Waals surface area contributed by atoms with Crippen LogP contribution in [0.1, 0.15) is 16.2 Å². The smallest absolute Gasteiger partial charge is 0.325 e. The van der Waals surface area contributed by atoms with Crippen molar-refractivity contribution in [3.05, 3.63) is 71.8 Å². The molecule has 1 aromatic heterocycles. The second-order valence-corrected chi connectivity index (χ2v) is 5.75. The van der Waals surface area contributed by atoms with Crippen molar-refractivity contribution >= 4 is 29.5 Å². The van der Waals surface area contributed by atoms with Crippen molar-refractivity contribution in [3.63, 3.8) is 0 Å². The topological polar surface area (TPSA) is 132 Å². The number of ether oxygens (including phenoxy) is 1. The van der Waals surface area contributed by atoms with Gasteiger partial charge in [0.25, 0.3) is 5.91 Å². The summed E-state index contributed by atoms with van der Waals surface area (Å²) in [4.78, 5) is 35.7. The highest BCUT2D eigenvalue weighted by molar-refractivity contribution is 5.96. The lowest BCUT2D eigenvalue weighted by Gasteiger charge is -2.09. The molecular formula is C19H17FN6O3. The quantitative estimate of drug-likeness (QED) is 0.515. The number of hydrogen-bond donors (Lipinski definition) is 3. The molecule has 10 heteroatoms. The summed E-state index contributed by atoms with van der Waals surface area (Å²) < 4.78 is 18.6. The third-order valence-corrected chi connectivity index (χ3v) is 3.60. The minimum absolute atomic E-state index is 0.0441. The SMILES string of the molecule is Nc1nc(COC(=O)CNC(=O)c2ccccc2F)nc(Nc2ccccc2)n1. The first-order chi connectivity index (χ1) is 14.0. The van der Waals surface area contributed by atoms with E-state index in [1.165, 1.54) is 18.2 Å². The van der Waals surface area contributed by atoms with Crippen LogP contribution in [0.4, 0.5) is 22.0 Å². The van der Waals surface area contributed by atoms with Gasteiger partial charge < -0.3 is 21.1 Å². The fraction of sp³-hybridized carbons (Fsp3) is 0.105. The molecule has 148 valence electrons. The van der Waals surface area contributed by atoms with Crippen LogP contribution in [-0.4, -0.2) is 33.4 Å². The molecule has 0 atom stereocenters. The average Bonchev–Trinajstić information content (AvgIpc) is 2.71. The lowest BCUT2D eigenvalue weighted by atomic mass is 10.2. The van der Waals surface area contributed by atoms with E-state index in [1.54, 1.807) is 0 Å². The summed E-state index contributed by atoms with van der Waals surface area (Å²) in [6, 6.07) is 14.6. The summed E-state index contributed by atoms with van der Waals surface area (Å²) in [6.45, 7) is -0.715. The van der Waals surface area contributed by atoms with Gasteiger partial charge in [-0.3, -0.25) is 9.59 Å². The number of esters is 1. The molecular weight excluding hydrogens is 379 g/mol. The first-order valence-electron chi connectivity index (χ1n) is 8.52. The van der Waals surface area contributed by atoms with E-state index in [9.17, 15) is 14.0 Å². The minimum atomic E-state index is -0.744. The van der Waals surface area contributed by atoms with Gasteiger partial charge in [0.2, 0.25) is 11.9 Å². The Bertz CT molecular complexity index is 1020. The number of halogens is 1. The molecule has 3 rings (SSSR count). The molecule has 2 aromatic carbocycles. The van der Waals surface area contributed by atoms with Crippen LogP contribution in [0, 0.1) is 5.82 Å². The molecule has 0 aliphatic rings. The predicted molar refractivity (Wildman–Crippen MR) is 102 cm³/mol. The fourth-order valence-electron chi connectivity index (χ4n) is 2.30. The van der Waals surface area contributed by atoms with E-state index < -0.39 is 24.2 Å². The molecule has 0 bridgehead atoms. The Morgan fingerprint density at radius 2 is 1.72 bits per heavy atom. The summed E-state index contributed by atoms with van der Waals surface area (Å²) in [5, 5.41) is 5.25. The molecule has 0 aliphatic heterocycles. The van der Waals surface area contributed by atoms with Crippen molar-refractivity contribution in [2.45, 2.75) is 6.61 Å². The van der Waals surface area contributed by atoms with Gasteiger partial charge in [0.15, 0.2) is 12.4 Å². The Morgan fingerprint density at radius 1 is 1.00 bits per heavy atom. The van der Waals surface area contributed by atoms with Crippen LogP contribution >= 0.6 is 0 Å². The lowest BCUT2D eigenvalue weighted by Crippen LogP contribution is -2.31. The summed E-state index contributed by atoms with van der Waals surface area (Å²) in [5.41, 5.74) is 6.24.